The van der Waals surface area contributed by atoms with Gasteiger partial charge < -0.3 is 0 Å². The average molecular weight is 474 g/mol. The molecule has 0 saturated heterocycles. The van der Waals surface area contributed by atoms with Crippen molar-refractivity contribution in [1.82, 2.24) is 4.98 Å². The van der Waals surface area contributed by atoms with Crippen molar-refractivity contribution in [3.63, 3.8) is 0 Å². The second-order valence-corrected chi connectivity index (χ2v) is 9.54. The highest BCUT2D eigenvalue weighted by molar-refractivity contribution is 8.00. The molecule has 33 heavy (non-hydrogen) atoms. The molecule has 0 N–H and O–H groups in total. The minimum Gasteiger partial charge on any atom is -0.258 e. The van der Waals surface area contributed by atoms with Gasteiger partial charge in [0.25, 0.3) is 5.69 Å². The van der Waals surface area contributed by atoms with E-state index in [4.69, 9.17) is 4.98 Å². The lowest BCUT2D eigenvalue weighted by Gasteiger charge is -2.06. The molecule has 0 aliphatic rings. The third kappa shape index (κ3) is 4.62. The maximum atomic E-state index is 14.1. The van der Waals surface area contributed by atoms with E-state index in [0.29, 0.717) is 16.7 Å². The summed E-state index contributed by atoms with van der Waals surface area (Å²) in [6.07, 6.45) is 1.62. The van der Waals surface area contributed by atoms with Crippen molar-refractivity contribution in [1.29, 1.82) is 0 Å². The Hall–Kier alpha value is -3.62. The van der Waals surface area contributed by atoms with E-state index in [-0.39, 0.29) is 11.5 Å². The molecule has 0 bridgehead atoms. The van der Waals surface area contributed by atoms with Gasteiger partial charge in [0, 0.05) is 29.5 Å². The first kappa shape index (κ1) is 21.2. The van der Waals surface area contributed by atoms with Crippen LogP contribution in [0.1, 0.15) is 11.1 Å². The molecule has 0 spiro atoms. The summed E-state index contributed by atoms with van der Waals surface area (Å²) in [4.78, 5) is 19.7. The lowest BCUT2D eigenvalue weighted by Crippen LogP contribution is -1.89. The molecule has 0 unspecified atom stereocenters. The monoisotopic (exact) mass is 473 g/mol. The highest BCUT2D eigenvalue weighted by Gasteiger charge is 2.09. The lowest BCUT2D eigenvalue weighted by atomic mass is 10.1. The summed E-state index contributed by atoms with van der Waals surface area (Å²) in [6.45, 7) is 0. The third-order valence-electron chi connectivity index (χ3n) is 5.11. The van der Waals surface area contributed by atoms with Gasteiger partial charge in [-0.3, -0.25) is 15.1 Å². The van der Waals surface area contributed by atoms with Crippen LogP contribution in [-0.2, 0) is 5.75 Å². The number of thioether (sulfide) groups is 1. The Morgan fingerprint density at radius 2 is 1.88 bits per heavy atom. The molecule has 5 rings (SSSR count). The number of hydrogen-bond acceptors (Lipinski definition) is 6. The summed E-state index contributed by atoms with van der Waals surface area (Å²) in [5.41, 5.74) is 3.40. The summed E-state index contributed by atoms with van der Waals surface area (Å²) in [5.74, 6) is 0.482. The highest BCUT2D eigenvalue weighted by atomic mass is 32.2. The molecular weight excluding hydrogens is 457 g/mol. The van der Waals surface area contributed by atoms with Crippen molar-refractivity contribution >= 4 is 61.7 Å². The first-order valence-corrected chi connectivity index (χ1v) is 11.8. The molecule has 0 saturated carbocycles. The van der Waals surface area contributed by atoms with E-state index in [9.17, 15) is 14.5 Å². The van der Waals surface area contributed by atoms with E-state index >= 15 is 0 Å². The molecule has 0 aliphatic carbocycles. The number of rotatable bonds is 6. The van der Waals surface area contributed by atoms with Gasteiger partial charge in [-0.1, -0.05) is 54.2 Å². The summed E-state index contributed by atoms with van der Waals surface area (Å²) < 4.78 is 16.0. The van der Waals surface area contributed by atoms with Crippen LogP contribution >= 0.6 is 23.1 Å². The number of hydrogen-bond donors (Lipinski definition) is 0. The summed E-state index contributed by atoms with van der Waals surface area (Å²) in [7, 11) is 0. The van der Waals surface area contributed by atoms with Gasteiger partial charge in [0.05, 0.1) is 20.8 Å². The molecule has 0 aliphatic heterocycles. The van der Waals surface area contributed by atoms with Gasteiger partial charge in [0.2, 0.25) is 0 Å². The zero-order valence-corrected chi connectivity index (χ0v) is 18.8. The van der Waals surface area contributed by atoms with Gasteiger partial charge in [-0.15, -0.1) is 11.3 Å². The van der Waals surface area contributed by atoms with E-state index in [0.717, 1.165) is 31.2 Å². The molecule has 5 aromatic rings. The van der Waals surface area contributed by atoms with Gasteiger partial charge in [0.15, 0.2) is 4.34 Å². The van der Waals surface area contributed by atoms with Gasteiger partial charge in [-0.25, -0.2) is 9.37 Å². The molecule has 0 radical (unpaired) electrons. The topological polar surface area (TPSA) is 68.4 Å². The van der Waals surface area contributed by atoms with Crippen molar-refractivity contribution in [3.05, 3.63) is 106 Å². The van der Waals surface area contributed by atoms with Crippen LogP contribution in [0.15, 0.2) is 88.2 Å². The third-order valence-corrected chi connectivity index (χ3v) is 7.32. The quantitative estimate of drug-likeness (QED) is 0.111. The number of aromatic nitrogens is 1. The fourth-order valence-corrected chi connectivity index (χ4v) is 5.60. The molecule has 1 aromatic heterocycles. The highest BCUT2D eigenvalue weighted by Crippen LogP contribution is 2.35. The van der Waals surface area contributed by atoms with Crippen LogP contribution in [0.2, 0.25) is 0 Å². The molecule has 4 aromatic carbocycles. The standard InChI is InChI=1S/C25H16FN3O2S2/c26-22-10-8-17(20-6-1-2-7-21(20)22)15-32-25-28-23-11-9-18(13-24(23)33-25)27-14-16-4-3-5-19(12-16)29(30)31/h1-14H,15H2. The second-order valence-electron chi connectivity index (χ2n) is 7.28. The van der Waals surface area contributed by atoms with Crippen LogP contribution in [0.3, 0.4) is 0 Å². The lowest BCUT2D eigenvalue weighted by molar-refractivity contribution is -0.384. The normalized spacial score (nSPS) is 11.5. The minimum absolute atomic E-state index is 0.0347. The van der Waals surface area contributed by atoms with E-state index in [2.05, 4.69) is 4.99 Å². The van der Waals surface area contributed by atoms with Gasteiger partial charge in [-0.2, -0.15) is 0 Å². The SMILES string of the molecule is O=[N+]([O-])c1cccc(C=Nc2ccc3nc(SCc4ccc(F)c5ccccc45)sc3c2)c1. The Kier molecular flexibility index (Phi) is 5.85. The van der Waals surface area contributed by atoms with E-state index in [1.54, 1.807) is 47.5 Å². The van der Waals surface area contributed by atoms with Crippen molar-refractivity contribution < 1.29 is 9.31 Å². The molecule has 0 fully saturated rings. The van der Waals surface area contributed by atoms with Crippen LogP contribution in [0.25, 0.3) is 21.0 Å². The van der Waals surface area contributed by atoms with Crippen LogP contribution in [0.4, 0.5) is 15.8 Å². The fourth-order valence-electron chi connectivity index (χ4n) is 3.49. The molecule has 5 nitrogen and oxygen atoms in total. The Morgan fingerprint density at radius 3 is 2.73 bits per heavy atom. The smallest absolute Gasteiger partial charge is 0.258 e. The number of nitro benzene ring substituents is 1. The van der Waals surface area contributed by atoms with Gasteiger partial charge in [-0.05, 0) is 40.8 Å². The van der Waals surface area contributed by atoms with E-state index in [1.165, 1.54) is 18.2 Å². The number of non-ortho nitro benzene ring substituents is 1. The Labute approximate surface area is 196 Å². The zero-order chi connectivity index (χ0) is 22.8. The first-order chi connectivity index (χ1) is 16.1. The van der Waals surface area contributed by atoms with Crippen LogP contribution in [-0.4, -0.2) is 16.1 Å². The summed E-state index contributed by atoms with van der Waals surface area (Å²) in [5, 5.41) is 12.5. The molecule has 8 heteroatoms. The number of thiazole rings is 1. The van der Waals surface area contributed by atoms with Crippen molar-refractivity contribution in [2.24, 2.45) is 4.99 Å². The van der Waals surface area contributed by atoms with E-state index in [1.807, 2.05) is 42.5 Å². The van der Waals surface area contributed by atoms with Gasteiger partial charge in [0.1, 0.15) is 5.82 Å². The fraction of sp³-hybridized carbons (Fsp3) is 0.0400. The van der Waals surface area contributed by atoms with Crippen molar-refractivity contribution in [3.8, 4) is 0 Å². The number of aliphatic imine (C=N–C) groups is 1. The maximum Gasteiger partial charge on any atom is 0.270 e. The Balaban J connectivity index is 1.34. The second kappa shape index (κ2) is 9.09. The Morgan fingerprint density at radius 1 is 1.03 bits per heavy atom. The average Bonchev–Trinajstić information content (AvgIpc) is 3.25. The number of nitrogens with zero attached hydrogens (tertiary/aromatic N) is 3. The zero-order valence-electron chi connectivity index (χ0n) is 17.1. The van der Waals surface area contributed by atoms with Crippen LogP contribution in [0.5, 0.6) is 0 Å². The molecule has 0 atom stereocenters. The Bertz CT molecular complexity index is 1530. The molecule has 0 amide bonds. The van der Waals surface area contributed by atoms with Gasteiger partial charge >= 0.3 is 0 Å². The number of halogens is 1. The largest absolute Gasteiger partial charge is 0.270 e. The maximum absolute atomic E-state index is 14.1. The number of benzene rings is 4. The van der Waals surface area contributed by atoms with E-state index < -0.39 is 4.92 Å². The predicted octanol–water partition coefficient (Wildman–Crippen LogP) is 7.54. The van der Waals surface area contributed by atoms with Crippen molar-refractivity contribution in [2.45, 2.75) is 10.1 Å². The summed E-state index contributed by atoms with van der Waals surface area (Å²) >= 11 is 3.20. The minimum atomic E-state index is -0.422. The molecule has 1 heterocycles. The molecular formula is C25H16FN3O2S2. The summed E-state index contributed by atoms with van der Waals surface area (Å²) in [6, 6.07) is 23.0. The first-order valence-electron chi connectivity index (χ1n) is 10.0. The predicted molar refractivity (Wildman–Crippen MR) is 133 cm³/mol. The number of fused-ring (bicyclic) bond motifs is 2. The van der Waals surface area contributed by atoms with Crippen LogP contribution in [0, 0.1) is 15.9 Å². The van der Waals surface area contributed by atoms with Crippen LogP contribution < -0.4 is 0 Å². The molecule has 162 valence electrons. The van der Waals surface area contributed by atoms with Crippen molar-refractivity contribution in [2.75, 3.05) is 0 Å². The number of nitro groups is 1.